The zero-order chi connectivity index (χ0) is 13.9. The number of rotatable bonds is 3. The van der Waals surface area contributed by atoms with Crippen LogP contribution in [0.25, 0.3) is 0 Å². The van der Waals surface area contributed by atoms with Crippen LogP contribution in [-0.2, 0) is 21.2 Å². The normalized spacial score (nSPS) is 19.0. The van der Waals surface area contributed by atoms with Gasteiger partial charge >= 0.3 is 0 Å². The van der Waals surface area contributed by atoms with E-state index in [1.165, 1.54) is 0 Å². The van der Waals surface area contributed by atoms with Crippen LogP contribution in [0, 0.1) is 12.8 Å². The second-order valence-electron chi connectivity index (χ2n) is 5.07. The molecule has 1 aromatic rings. The van der Waals surface area contributed by atoms with Gasteiger partial charge in [-0.3, -0.25) is 4.79 Å². The summed E-state index contributed by atoms with van der Waals surface area (Å²) in [6.07, 6.45) is 0.893. The minimum atomic E-state index is -2.90. The number of benzene rings is 1. The van der Waals surface area contributed by atoms with Crippen LogP contribution in [0.2, 0.25) is 0 Å². The SMILES string of the molecule is Cc1ccccc1CNC(=O)C1CCS(=O)(=O)CC1. The van der Waals surface area contributed by atoms with Gasteiger partial charge in [0.2, 0.25) is 5.91 Å². The molecule has 0 saturated carbocycles. The number of sulfone groups is 1. The topological polar surface area (TPSA) is 63.2 Å². The van der Waals surface area contributed by atoms with E-state index in [-0.39, 0.29) is 23.3 Å². The maximum atomic E-state index is 12.0. The van der Waals surface area contributed by atoms with E-state index in [9.17, 15) is 13.2 Å². The van der Waals surface area contributed by atoms with Crippen molar-refractivity contribution in [1.29, 1.82) is 0 Å². The van der Waals surface area contributed by atoms with Crippen molar-refractivity contribution in [3.05, 3.63) is 35.4 Å². The molecule has 0 unspecified atom stereocenters. The van der Waals surface area contributed by atoms with E-state index >= 15 is 0 Å². The molecule has 0 radical (unpaired) electrons. The standard InChI is InChI=1S/C14H19NO3S/c1-11-4-2-3-5-13(11)10-15-14(16)12-6-8-19(17,18)9-7-12/h2-5,12H,6-10H2,1H3,(H,15,16). The quantitative estimate of drug-likeness (QED) is 0.911. The second kappa shape index (κ2) is 5.74. The van der Waals surface area contributed by atoms with Gasteiger partial charge < -0.3 is 5.32 Å². The maximum absolute atomic E-state index is 12.0. The molecular weight excluding hydrogens is 262 g/mol. The Bertz CT molecular complexity index is 552. The third-order valence-corrected chi connectivity index (χ3v) is 5.36. The van der Waals surface area contributed by atoms with Crippen molar-refractivity contribution in [3.8, 4) is 0 Å². The smallest absolute Gasteiger partial charge is 0.223 e. The monoisotopic (exact) mass is 281 g/mol. The Morgan fingerprint density at radius 1 is 1.26 bits per heavy atom. The van der Waals surface area contributed by atoms with Crippen LogP contribution in [0.3, 0.4) is 0 Å². The van der Waals surface area contributed by atoms with Gasteiger partial charge in [0.15, 0.2) is 0 Å². The molecule has 1 saturated heterocycles. The van der Waals surface area contributed by atoms with Crippen LogP contribution in [0.15, 0.2) is 24.3 Å². The van der Waals surface area contributed by atoms with Crippen molar-refractivity contribution in [1.82, 2.24) is 5.32 Å². The first-order valence-corrected chi connectivity index (χ1v) is 8.33. The van der Waals surface area contributed by atoms with Gasteiger partial charge in [-0.25, -0.2) is 8.42 Å². The van der Waals surface area contributed by atoms with E-state index in [0.29, 0.717) is 19.4 Å². The van der Waals surface area contributed by atoms with Crippen LogP contribution in [0.5, 0.6) is 0 Å². The van der Waals surface area contributed by atoms with E-state index < -0.39 is 9.84 Å². The lowest BCUT2D eigenvalue weighted by atomic mass is 10.0. The molecule has 1 fully saturated rings. The summed E-state index contributed by atoms with van der Waals surface area (Å²) in [7, 11) is -2.90. The molecule has 1 amide bonds. The molecule has 4 nitrogen and oxygen atoms in total. The average Bonchev–Trinajstić information content (AvgIpc) is 2.37. The van der Waals surface area contributed by atoms with Gasteiger partial charge in [0.05, 0.1) is 11.5 Å². The predicted octanol–water partition coefficient (Wildman–Crippen LogP) is 1.44. The van der Waals surface area contributed by atoms with Gasteiger partial charge in [-0.2, -0.15) is 0 Å². The summed E-state index contributed by atoms with van der Waals surface area (Å²) in [6.45, 7) is 2.52. The number of amides is 1. The van der Waals surface area contributed by atoms with E-state index in [0.717, 1.165) is 11.1 Å². The molecule has 2 rings (SSSR count). The maximum Gasteiger partial charge on any atom is 0.223 e. The molecule has 1 aliphatic rings. The zero-order valence-electron chi connectivity index (χ0n) is 11.1. The van der Waals surface area contributed by atoms with E-state index in [2.05, 4.69) is 5.32 Å². The first-order valence-electron chi connectivity index (χ1n) is 6.50. The number of carbonyl (C=O) groups excluding carboxylic acids is 1. The van der Waals surface area contributed by atoms with E-state index in [1.807, 2.05) is 31.2 Å². The summed E-state index contributed by atoms with van der Waals surface area (Å²) in [5.41, 5.74) is 2.24. The van der Waals surface area contributed by atoms with Gasteiger partial charge in [-0.05, 0) is 30.9 Å². The summed E-state index contributed by atoms with van der Waals surface area (Å²) in [4.78, 5) is 12.0. The molecule has 1 heterocycles. The first kappa shape index (κ1) is 14.1. The van der Waals surface area contributed by atoms with Crippen LogP contribution >= 0.6 is 0 Å². The molecule has 1 aromatic carbocycles. The van der Waals surface area contributed by atoms with Gasteiger partial charge in [0.1, 0.15) is 9.84 Å². The predicted molar refractivity (Wildman–Crippen MR) is 74.4 cm³/mol. The lowest BCUT2D eigenvalue weighted by Gasteiger charge is -2.21. The molecule has 5 heteroatoms. The minimum Gasteiger partial charge on any atom is -0.352 e. The molecule has 0 spiro atoms. The van der Waals surface area contributed by atoms with Crippen LogP contribution in [-0.4, -0.2) is 25.8 Å². The van der Waals surface area contributed by atoms with Crippen molar-refractivity contribution in [3.63, 3.8) is 0 Å². The Labute approximate surface area is 114 Å². The third-order valence-electron chi connectivity index (χ3n) is 3.64. The van der Waals surface area contributed by atoms with Crippen LogP contribution in [0.1, 0.15) is 24.0 Å². The molecular formula is C14H19NO3S. The third kappa shape index (κ3) is 3.80. The molecule has 0 aliphatic carbocycles. The molecule has 104 valence electrons. The highest BCUT2D eigenvalue weighted by Gasteiger charge is 2.28. The van der Waals surface area contributed by atoms with E-state index in [1.54, 1.807) is 0 Å². The highest BCUT2D eigenvalue weighted by atomic mass is 32.2. The van der Waals surface area contributed by atoms with Crippen LogP contribution in [0.4, 0.5) is 0 Å². The largest absolute Gasteiger partial charge is 0.352 e. The zero-order valence-corrected chi connectivity index (χ0v) is 11.9. The Morgan fingerprint density at radius 3 is 2.53 bits per heavy atom. The Hall–Kier alpha value is -1.36. The summed E-state index contributed by atoms with van der Waals surface area (Å²) >= 11 is 0. The fourth-order valence-corrected chi connectivity index (χ4v) is 3.78. The fraction of sp³-hybridized carbons (Fsp3) is 0.500. The van der Waals surface area contributed by atoms with Gasteiger partial charge in [-0.1, -0.05) is 24.3 Å². The molecule has 1 aliphatic heterocycles. The number of hydrogen-bond donors (Lipinski definition) is 1. The van der Waals surface area contributed by atoms with Crippen molar-refractivity contribution >= 4 is 15.7 Å². The lowest BCUT2D eigenvalue weighted by Crippen LogP contribution is -2.36. The highest BCUT2D eigenvalue weighted by Crippen LogP contribution is 2.19. The summed E-state index contributed by atoms with van der Waals surface area (Å²) in [6, 6.07) is 7.91. The molecule has 0 bridgehead atoms. The number of nitrogens with one attached hydrogen (secondary N) is 1. The molecule has 1 N–H and O–H groups in total. The van der Waals surface area contributed by atoms with Crippen molar-refractivity contribution in [2.24, 2.45) is 5.92 Å². The second-order valence-corrected chi connectivity index (χ2v) is 7.37. The fourth-order valence-electron chi connectivity index (χ4n) is 2.29. The van der Waals surface area contributed by atoms with E-state index in [4.69, 9.17) is 0 Å². The lowest BCUT2D eigenvalue weighted by molar-refractivity contribution is -0.125. The average molecular weight is 281 g/mol. The minimum absolute atomic E-state index is 0.0295. The number of carbonyl (C=O) groups is 1. The summed E-state index contributed by atoms with van der Waals surface area (Å²) in [5, 5.41) is 2.90. The Balaban J connectivity index is 1.87. The Morgan fingerprint density at radius 2 is 1.89 bits per heavy atom. The number of aryl methyl sites for hydroxylation is 1. The summed E-state index contributed by atoms with van der Waals surface area (Å²) in [5.74, 6) is 0.0796. The highest BCUT2D eigenvalue weighted by molar-refractivity contribution is 7.91. The molecule has 0 atom stereocenters. The number of hydrogen-bond acceptors (Lipinski definition) is 3. The first-order chi connectivity index (χ1) is 8.98. The molecule has 19 heavy (non-hydrogen) atoms. The van der Waals surface area contributed by atoms with Crippen molar-refractivity contribution in [2.45, 2.75) is 26.3 Å². The van der Waals surface area contributed by atoms with Crippen molar-refractivity contribution in [2.75, 3.05) is 11.5 Å². The van der Waals surface area contributed by atoms with Gasteiger partial charge in [-0.15, -0.1) is 0 Å². The Kier molecular flexibility index (Phi) is 4.24. The molecule has 0 aromatic heterocycles. The van der Waals surface area contributed by atoms with Gasteiger partial charge in [0, 0.05) is 12.5 Å². The van der Waals surface area contributed by atoms with Crippen molar-refractivity contribution < 1.29 is 13.2 Å². The van der Waals surface area contributed by atoms with Crippen LogP contribution < -0.4 is 5.32 Å². The summed E-state index contributed by atoms with van der Waals surface area (Å²) < 4.78 is 22.6. The van der Waals surface area contributed by atoms with Gasteiger partial charge in [0.25, 0.3) is 0 Å².